The van der Waals surface area contributed by atoms with Crippen LogP contribution < -0.4 is 4.72 Å². The van der Waals surface area contributed by atoms with Gasteiger partial charge in [-0.15, -0.1) is 11.3 Å². The number of likely N-dealkylation sites (tertiary alicyclic amines) is 1. The normalized spacial score (nSPS) is 17.8. The number of benzene rings is 2. The highest BCUT2D eigenvalue weighted by Crippen LogP contribution is 2.29. The molecule has 1 fully saturated rings. The van der Waals surface area contributed by atoms with Crippen LogP contribution in [0.25, 0.3) is 21.1 Å². The first kappa shape index (κ1) is 20.6. The Morgan fingerprint density at radius 1 is 1.23 bits per heavy atom. The second-order valence-corrected chi connectivity index (χ2v) is 10.5. The molecule has 0 bridgehead atoms. The summed E-state index contributed by atoms with van der Waals surface area (Å²) in [4.78, 5) is 2.63. The molecular weight excluding hydrogens is 437 g/mol. The molecule has 2 aromatic carbocycles. The van der Waals surface area contributed by atoms with Gasteiger partial charge in [-0.1, -0.05) is 23.4 Å². The third-order valence-corrected chi connectivity index (χ3v) is 8.40. The van der Waals surface area contributed by atoms with E-state index in [1.807, 2.05) is 24.3 Å². The molecule has 2 aromatic heterocycles. The van der Waals surface area contributed by atoms with E-state index in [0.717, 1.165) is 53.5 Å². The van der Waals surface area contributed by atoms with Gasteiger partial charge in [-0.05, 0) is 50.6 Å². The average molecular weight is 460 g/mol. The number of hydrogen-bond donors (Lipinski definition) is 1. The van der Waals surface area contributed by atoms with Crippen LogP contribution in [-0.4, -0.2) is 44.2 Å². The summed E-state index contributed by atoms with van der Waals surface area (Å²) in [5, 5.41) is 7.40. The van der Waals surface area contributed by atoms with Crippen LogP contribution in [0, 0.1) is 5.82 Å². The zero-order chi connectivity index (χ0) is 21.4. The molecule has 9 heteroatoms. The third kappa shape index (κ3) is 4.23. The van der Waals surface area contributed by atoms with Crippen molar-refractivity contribution >= 4 is 42.4 Å². The van der Waals surface area contributed by atoms with Crippen molar-refractivity contribution in [3.8, 4) is 0 Å². The Balaban J connectivity index is 1.16. The van der Waals surface area contributed by atoms with Crippen molar-refractivity contribution < 1.29 is 17.3 Å². The monoisotopic (exact) mass is 459 g/mol. The van der Waals surface area contributed by atoms with Crippen LogP contribution in [0.4, 0.5) is 4.39 Å². The molecule has 1 saturated heterocycles. The molecule has 3 heterocycles. The molecule has 0 spiro atoms. The predicted octanol–water partition coefficient (Wildman–Crippen LogP) is 4.17. The third-order valence-electron chi connectivity index (χ3n) is 5.73. The minimum absolute atomic E-state index is 0.0977. The number of nitrogens with one attached hydrogen (secondary N) is 1. The van der Waals surface area contributed by atoms with Crippen molar-refractivity contribution in [2.45, 2.75) is 30.2 Å². The smallest absolute Gasteiger partial charge is 0.242 e. The van der Waals surface area contributed by atoms with Gasteiger partial charge in [-0.2, -0.15) is 0 Å². The molecule has 1 aliphatic heterocycles. The second kappa shape index (κ2) is 8.31. The van der Waals surface area contributed by atoms with Crippen LogP contribution >= 0.6 is 11.3 Å². The molecule has 0 aliphatic carbocycles. The van der Waals surface area contributed by atoms with Crippen LogP contribution in [0.15, 0.2) is 57.3 Å². The summed E-state index contributed by atoms with van der Waals surface area (Å²) >= 11 is 1.45. The molecule has 0 amide bonds. The first-order valence-electron chi connectivity index (χ1n) is 10.2. The molecule has 31 heavy (non-hydrogen) atoms. The number of aromatic nitrogens is 1. The minimum Gasteiger partial charge on any atom is -0.356 e. The Morgan fingerprint density at radius 2 is 2.10 bits per heavy atom. The Hall–Kier alpha value is -2.33. The molecule has 5 rings (SSSR count). The SMILES string of the molecule is O=S(=O)(N[C@@H]1CCN(CCCc2noc3cc(F)ccc23)C1)c1csc2ccccc12. The topological polar surface area (TPSA) is 75.4 Å². The van der Waals surface area contributed by atoms with Gasteiger partial charge >= 0.3 is 0 Å². The Morgan fingerprint density at radius 3 is 3.00 bits per heavy atom. The van der Waals surface area contributed by atoms with E-state index in [0.29, 0.717) is 17.0 Å². The molecule has 162 valence electrons. The average Bonchev–Trinajstić information content (AvgIpc) is 3.46. The van der Waals surface area contributed by atoms with Crippen LogP contribution in [0.2, 0.25) is 0 Å². The number of sulfonamides is 1. The number of nitrogens with zero attached hydrogens (tertiary/aromatic N) is 2. The van der Waals surface area contributed by atoms with Gasteiger partial charge in [0, 0.05) is 39.5 Å². The summed E-state index contributed by atoms with van der Waals surface area (Å²) in [5.74, 6) is -0.337. The van der Waals surface area contributed by atoms with Gasteiger partial charge in [0.15, 0.2) is 5.58 Å². The van der Waals surface area contributed by atoms with Crippen molar-refractivity contribution in [1.29, 1.82) is 0 Å². The predicted molar refractivity (Wildman–Crippen MR) is 119 cm³/mol. The fraction of sp³-hybridized carbons (Fsp3) is 0.318. The zero-order valence-electron chi connectivity index (χ0n) is 16.8. The first-order valence-corrected chi connectivity index (χ1v) is 12.6. The lowest BCUT2D eigenvalue weighted by Crippen LogP contribution is -2.37. The maximum atomic E-state index is 13.3. The minimum atomic E-state index is -3.55. The second-order valence-electron chi connectivity index (χ2n) is 7.88. The lowest BCUT2D eigenvalue weighted by Gasteiger charge is -2.16. The largest absolute Gasteiger partial charge is 0.356 e. The lowest BCUT2D eigenvalue weighted by molar-refractivity contribution is 0.326. The number of aryl methyl sites for hydroxylation is 1. The maximum absolute atomic E-state index is 13.3. The number of halogens is 1. The van der Waals surface area contributed by atoms with Crippen LogP contribution in [-0.2, 0) is 16.4 Å². The number of rotatable bonds is 7. The molecule has 4 aromatic rings. The van der Waals surface area contributed by atoms with Crippen molar-refractivity contribution in [3.63, 3.8) is 0 Å². The van der Waals surface area contributed by atoms with Crippen LogP contribution in [0.5, 0.6) is 0 Å². The van der Waals surface area contributed by atoms with Crippen molar-refractivity contribution in [2.75, 3.05) is 19.6 Å². The van der Waals surface area contributed by atoms with E-state index >= 15 is 0 Å². The van der Waals surface area contributed by atoms with E-state index in [1.54, 1.807) is 11.4 Å². The van der Waals surface area contributed by atoms with Crippen LogP contribution in [0.3, 0.4) is 0 Å². The molecule has 1 atom stereocenters. The molecule has 1 N–H and O–H groups in total. The highest BCUT2D eigenvalue weighted by molar-refractivity contribution is 7.90. The summed E-state index contributed by atoms with van der Waals surface area (Å²) in [6, 6.07) is 11.9. The van der Waals surface area contributed by atoms with Gasteiger partial charge in [-0.25, -0.2) is 17.5 Å². The van der Waals surface area contributed by atoms with Gasteiger partial charge < -0.3 is 9.42 Å². The number of hydrogen-bond acceptors (Lipinski definition) is 6. The van der Waals surface area contributed by atoms with Gasteiger partial charge in [-0.3, -0.25) is 0 Å². The van der Waals surface area contributed by atoms with E-state index < -0.39 is 10.0 Å². The fourth-order valence-electron chi connectivity index (χ4n) is 4.19. The summed E-state index contributed by atoms with van der Waals surface area (Å²) in [6.07, 6.45) is 2.38. The molecule has 0 unspecified atom stereocenters. The fourth-order valence-corrected chi connectivity index (χ4v) is 6.95. The highest BCUT2D eigenvalue weighted by atomic mass is 32.2. The van der Waals surface area contributed by atoms with E-state index in [9.17, 15) is 12.8 Å². The molecule has 6 nitrogen and oxygen atoms in total. The van der Waals surface area contributed by atoms with Gasteiger partial charge in [0.2, 0.25) is 10.0 Å². The van der Waals surface area contributed by atoms with E-state index in [4.69, 9.17) is 4.52 Å². The Bertz CT molecular complexity index is 1330. The molecule has 0 radical (unpaired) electrons. The summed E-state index contributed by atoms with van der Waals surface area (Å²) in [6.45, 7) is 2.38. The van der Waals surface area contributed by atoms with Gasteiger partial charge in [0.05, 0.1) is 5.69 Å². The highest BCUT2D eigenvalue weighted by Gasteiger charge is 2.28. The molecule has 0 saturated carbocycles. The standard InChI is InChI=1S/C22H22FN3O3S2/c23-15-7-8-17-19(24-29-20(17)12-15)5-3-10-26-11-9-16(13-26)25-31(27,28)22-14-30-21-6-2-1-4-18(21)22/h1-2,4,6-8,12,14,16,25H,3,5,9-11,13H2/t16-/m1/s1. The maximum Gasteiger partial charge on any atom is 0.242 e. The van der Waals surface area contributed by atoms with Crippen molar-refractivity contribution in [3.05, 3.63) is 59.4 Å². The number of fused-ring (bicyclic) bond motifs is 2. The lowest BCUT2D eigenvalue weighted by atomic mass is 10.1. The van der Waals surface area contributed by atoms with E-state index in [2.05, 4.69) is 14.8 Å². The van der Waals surface area contributed by atoms with E-state index in [-0.39, 0.29) is 11.9 Å². The zero-order valence-corrected chi connectivity index (χ0v) is 18.4. The van der Waals surface area contributed by atoms with Gasteiger partial charge in [0.1, 0.15) is 10.7 Å². The quantitative estimate of drug-likeness (QED) is 0.449. The summed E-state index contributed by atoms with van der Waals surface area (Å²) in [5.41, 5.74) is 1.29. The Kier molecular flexibility index (Phi) is 5.51. The van der Waals surface area contributed by atoms with Gasteiger partial charge in [0.25, 0.3) is 0 Å². The van der Waals surface area contributed by atoms with Crippen molar-refractivity contribution in [1.82, 2.24) is 14.8 Å². The van der Waals surface area contributed by atoms with Crippen molar-refractivity contribution in [2.24, 2.45) is 0 Å². The summed E-state index contributed by atoms with van der Waals surface area (Å²) < 4.78 is 48.2. The summed E-state index contributed by atoms with van der Waals surface area (Å²) in [7, 11) is -3.55. The molecule has 1 aliphatic rings. The van der Waals surface area contributed by atoms with E-state index in [1.165, 1.54) is 23.5 Å². The Labute approximate surface area is 183 Å². The first-order chi connectivity index (χ1) is 15.0. The van der Waals surface area contributed by atoms with Crippen LogP contribution in [0.1, 0.15) is 18.5 Å². The number of thiophene rings is 1. The molecular formula is C22H22FN3O3S2.